The van der Waals surface area contributed by atoms with Crippen LogP contribution in [0.15, 0.2) is 48.8 Å². The fourth-order valence-corrected chi connectivity index (χ4v) is 2.38. The number of hydrogen-bond acceptors (Lipinski definition) is 3. The third-order valence-corrected chi connectivity index (χ3v) is 3.66. The highest BCUT2D eigenvalue weighted by Crippen LogP contribution is 2.30. The molecule has 0 aliphatic heterocycles. The molecule has 3 nitrogen and oxygen atoms in total. The number of fused-ring (bicyclic) bond motifs is 1. The largest absolute Gasteiger partial charge is 0.381 e. The molecule has 0 saturated heterocycles. The van der Waals surface area contributed by atoms with Gasteiger partial charge in [0.05, 0.1) is 11.7 Å². The number of aliphatic hydroxyl groups is 1. The molecule has 0 bridgehead atoms. The van der Waals surface area contributed by atoms with Gasteiger partial charge in [0.25, 0.3) is 0 Å². The lowest BCUT2D eigenvalue weighted by Gasteiger charge is -2.24. The number of rotatable bonds is 2. The molecular weight excluding hydrogens is 267 g/mol. The van der Waals surface area contributed by atoms with Gasteiger partial charge in [0.1, 0.15) is 11.4 Å². The van der Waals surface area contributed by atoms with Gasteiger partial charge in [0.2, 0.25) is 0 Å². The Morgan fingerprint density at radius 1 is 1.05 bits per heavy atom. The van der Waals surface area contributed by atoms with Crippen molar-refractivity contribution in [1.29, 1.82) is 0 Å². The molecule has 106 valence electrons. The number of nitrogens with zero attached hydrogens (tertiary/aromatic N) is 2. The maximum Gasteiger partial charge on any atom is 0.141 e. The van der Waals surface area contributed by atoms with E-state index in [0.717, 1.165) is 22.8 Å². The second-order valence-corrected chi connectivity index (χ2v) is 5.32. The van der Waals surface area contributed by atoms with E-state index < -0.39 is 11.4 Å². The first-order chi connectivity index (χ1) is 9.96. The van der Waals surface area contributed by atoms with Gasteiger partial charge in [-0.25, -0.2) is 4.39 Å². The lowest BCUT2D eigenvalue weighted by atomic mass is 9.88. The van der Waals surface area contributed by atoms with Crippen LogP contribution in [0.1, 0.15) is 23.7 Å². The van der Waals surface area contributed by atoms with E-state index in [1.807, 2.05) is 31.2 Å². The number of benzene rings is 1. The van der Waals surface area contributed by atoms with Crippen molar-refractivity contribution in [3.8, 4) is 0 Å². The number of aryl methyl sites for hydroxylation is 1. The fourth-order valence-electron chi connectivity index (χ4n) is 2.38. The minimum atomic E-state index is -1.31. The smallest absolute Gasteiger partial charge is 0.141 e. The molecule has 0 amide bonds. The summed E-state index contributed by atoms with van der Waals surface area (Å²) >= 11 is 0. The van der Waals surface area contributed by atoms with Gasteiger partial charge in [-0.05, 0) is 43.7 Å². The van der Waals surface area contributed by atoms with Crippen LogP contribution in [0, 0.1) is 12.7 Å². The molecule has 0 radical (unpaired) electrons. The minimum absolute atomic E-state index is 0.418. The van der Waals surface area contributed by atoms with Gasteiger partial charge >= 0.3 is 0 Å². The lowest BCUT2D eigenvalue weighted by Crippen LogP contribution is -2.23. The lowest BCUT2D eigenvalue weighted by molar-refractivity contribution is 0.102. The van der Waals surface area contributed by atoms with Gasteiger partial charge in [-0.3, -0.25) is 9.97 Å². The van der Waals surface area contributed by atoms with E-state index >= 15 is 0 Å². The predicted molar refractivity (Wildman–Crippen MR) is 79.3 cm³/mol. The van der Waals surface area contributed by atoms with E-state index in [4.69, 9.17) is 0 Å². The molecule has 0 spiro atoms. The van der Waals surface area contributed by atoms with Crippen LogP contribution in [0.3, 0.4) is 0 Å². The van der Waals surface area contributed by atoms with E-state index in [2.05, 4.69) is 9.97 Å². The Labute approximate surface area is 122 Å². The second-order valence-electron chi connectivity index (χ2n) is 5.32. The van der Waals surface area contributed by atoms with E-state index in [9.17, 15) is 9.50 Å². The summed E-state index contributed by atoms with van der Waals surface area (Å²) in [6.07, 6.45) is 2.59. The Hall–Kier alpha value is -2.33. The molecule has 0 saturated carbocycles. The SMILES string of the molecule is Cc1ccc2cc(C(C)(O)c3cncc(F)c3)ccc2n1. The summed E-state index contributed by atoms with van der Waals surface area (Å²) in [5, 5.41) is 11.7. The molecule has 1 N–H and O–H groups in total. The molecule has 1 unspecified atom stereocenters. The molecule has 3 rings (SSSR count). The van der Waals surface area contributed by atoms with Crippen LogP contribution in [-0.4, -0.2) is 15.1 Å². The van der Waals surface area contributed by atoms with Gasteiger partial charge in [-0.15, -0.1) is 0 Å². The molecule has 0 fully saturated rings. The Morgan fingerprint density at radius 3 is 2.62 bits per heavy atom. The highest BCUT2D eigenvalue weighted by molar-refractivity contribution is 5.79. The van der Waals surface area contributed by atoms with Crippen molar-refractivity contribution in [1.82, 2.24) is 9.97 Å². The molecule has 2 aromatic heterocycles. The Balaban J connectivity index is 2.12. The molecule has 21 heavy (non-hydrogen) atoms. The fraction of sp³-hybridized carbons (Fsp3) is 0.176. The van der Waals surface area contributed by atoms with Crippen LogP contribution in [0.4, 0.5) is 4.39 Å². The first-order valence-corrected chi connectivity index (χ1v) is 6.68. The first kappa shape index (κ1) is 13.6. The van der Waals surface area contributed by atoms with Crippen molar-refractivity contribution in [2.45, 2.75) is 19.4 Å². The van der Waals surface area contributed by atoms with Crippen molar-refractivity contribution in [2.75, 3.05) is 0 Å². The molecule has 4 heteroatoms. The predicted octanol–water partition coefficient (Wildman–Crippen LogP) is 3.33. The van der Waals surface area contributed by atoms with E-state index in [-0.39, 0.29) is 0 Å². The molecule has 2 heterocycles. The summed E-state index contributed by atoms with van der Waals surface area (Å²) in [6.45, 7) is 3.56. The van der Waals surface area contributed by atoms with Gasteiger partial charge in [0.15, 0.2) is 0 Å². The van der Waals surface area contributed by atoms with Crippen LogP contribution in [0.5, 0.6) is 0 Å². The van der Waals surface area contributed by atoms with Gasteiger partial charge < -0.3 is 5.11 Å². The quantitative estimate of drug-likeness (QED) is 0.784. The zero-order valence-corrected chi connectivity index (χ0v) is 11.8. The van der Waals surface area contributed by atoms with Crippen LogP contribution in [-0.2, 0) is 5.60 Å². The number of hydrogen-bond donors (Lipinski definition) is 1. The maximum absolute atomic E-state index is 13.3. The maximum atomic E-state index is 13.3. The summed E-state index contributed by atoms with van der Waals surface area (Å²) in [5.41, 5.74) is 1.59. The van der Waals surface area contributed by atoms with Crippen LogP contribution >= 0.6 is 0 Å². The van der Waals surface area contributed by atoms with Crippen molar-refractivity contribution in [3.05, 3.63) is 71.4 Å². The zero-order chi connectivity index (χ0) is 15.0. The van der Waals surface area contributed by atoms with Gasteiger partial charge in [-0.1, -0.05) is 12.1 Å². The summed E-state index contributed by atoms with van der Waals surface area (Å²) < 4.78 is 13.3. The Kier molecular flexibility index (Phi) is 3.18. The molecule has 0 aliphatic rings. The van der Waals surface area contributed by atoms with Gasteiger partial charge in [-0.2, -0.15) is 0 Å². The Bertz CT molecular complexity index is 815. The third-order valence-electron chi connectivity index (χ3n) is 3.66. The highest BCUT2D eigenvalue weighted by atomic mass is 19.1. The molecule has 1 atom stereocenters. The van der Waals surface area contributed by atoms with Crippen molar-refractivity contribution in [3.63, 3.8) is 0 Å². The summed E-state index contributed by atoms with van der Waals surface area (Å²) in [7, 11) is 0. The average molecular weight is 282 g/mol. The number of pyridine rings is 2. The van der Waals surface area contributed by atoms with E-state index in [0.29, 0.717) is 11.1 Å². The van der Waals surface area contributed by atoms with E-state index in [1.54, 1.807) is 13.0 Å². The Morgan fingerprint density at radius 2 is 1.86 bits per heavy atom. The summed E-state index contributed by atoms with van der Waals surface area (Å²) in [4.78, 5) is 8.23. The summed E-state index contributed by atoms with van der Waals surface area (Å²) in [6, 6.07) is 10.7. The summed E-state index contributed by atoms with van der Waals surface area (Å²) in [5.74, 6) is -0.467. The van der Waals surface area contributed by atoms with Crippen molar-refractivity contribution >= 4 is 10.9 Å². The first-order valence-electron chi connectivity index (χ1n) is 6.68. The third kappa shape index (κ3) is 2.50. The van der Waals surface area contributed by atoms with Crippen LogP contribution < -0.4 is 0 Å². The highest BCUT2D eigenvalue weighted by Gasteiger charge is 2.26. The normalized spacial score (nSPS) is 14.1. The topological polar surface area (TPSA) is 46.0 Å². The zero-order valence-electron chi connectivity index (χ0n) is 11.8. The van der Waals surface area contributed by atoms with E-state index in [1.165, 1.54) is 12.3 Å². The minimum Gasteiger partial charge on any atom is -0.381 e. The molecule has 1 aromatic carbocycles. The molecular formula is C17H15FN2O. The molecule has 0 aliphatic carbocycles. The van der Waals surface area contributed by atoms with Crippen molar-refractivity contribution < 1.29 is 9.50 Å². The number of halogens is 1. The standard InChI is InChI=1S/C17H15FN2O/c1-11-3-4-12-7-13(5-6-16(12)20-11)17(2,21)14-8-15(18)10-19-9-14/h3-10,21H,1-2H3. The average Bonchev–Trinajstić information content (AvgIpc) is 2.46. The van der Waals surface area contributed by atoms with Gasteiger partial charge in [0, 0.05) is 22.8 Å². The van der Waals surface area contributed by atoms with Crippen molar-refractivity contribution in [2.24, 2.45) is 0 Å². The second kappa shape index (κ2) is 4.90. The number of aromatic nitrogens is 2. The monoisotopic (exact) mass is 282 g/mol. The van der Waals surface area contributed by atoms with Crippen LogP contribution in [0.2, 0.25) is 0 Å². The molecule has 3 aromatic rings. The van der Waals surface area contributed by atoms with Crippen LogP contribution in [0.25, 0.3) is 10.9 Å².